The first-order valence-corrected chi connectivity index (χ1v) is 6.68. The Hall–Kier alpha value is -2.94. The van der Waals surface area contributed by atoms with Crippen LogP contribution in [0.25, 0.3) is 29.9 Å². The van der Waals surface area contributed by atoms with Crippen LogP contribution in [-0.2, 0) is 0 Å². The molecule has 0 aliphatic rings. The van der Waals surface area contributed by atoms with Gasteiger partial charge in [-0.1, -0.05) is 43.5 Å². The van der Waals surface area contributed by atoms with Crippen molar-refractivity contribution in [3.05, 3.63) is 78.1 Å². The maximum absolute atomic E-state index is 4.66. The first-order chi connectivity index (χ1) is 10.3. The summed E-state index contributed by atoms with van der Waals surface area (Å²) in [6.45, 7) is 7.89. The largest absolute Gasteiger partial charge is 0.292 e. The number of hydrogen-bond acceptors (Lipinski definition) is 2. The molecule has 0 atom stereocenters. The summed E-state index contributed by atoms with van der Waals surface area (Å²) in [5, 5.41) is 1.62. The fourth-order valence-electron chi connectivity index (χ4n) is 2.24. The zero-order valence-electron chi connectivity index (χ0n) is 11.6. The molecule has 0 saturated heterocycles. The minimum atomic E-state index is 0.778. The van der Waals surface area contributed by atoms with Crippen molar-refractivity contribution in [1.82, 2.24) is 14.5 Å². The molecule has 0 spiro atoms. The van der Waals surface area contributed by atoms with E-state index >= 15 is 0 Å². The molecule has 2 aromatic heterocycles. The van der Waals surface area contributed by atoms with Crippen molar-refractivity contribution in [2.75, 3.05) is 0 Å². The molecule has 0 fully saturated rings. The molecule has 3 nitrogen and oxygen atoms in total. The lowest BCUT2D eigenvalue weighted by molar-refractivity contribution is 1.02. The smallest absolute Gasteiger partial charge is 0.164 e. The zero-order valence-corrected chi connectivity index (χ0v) is 11.6. The van der Waals surface area contributed by atoms with Crippen LogP contribution >= 0.6 is 0 Å². The van der Waals surface area contributed by atoms with E-state index in [-0.39, 0.29) is 0 Å². The Balaban J connectivity index is 2.35. The second-order valence-corrected chi connectivity index (χ2v) is 4.56. The summed E-state index contributed by atoms with van der Waals surface area (Å²) >= 11 is 0. The lowest BCUT2D eigenvalue weighted by Crippen LogP contribution is -2.27. The van der Waals surface area contributed by atoms with Gasteiger partial charge in [0.15, 0.2) is 5.82 Å². The van der Waals surface area contributed by atoms with Crippen LogP contribution in [-0.4, -0.2) is 14.5 Å². The van der Waals surface area contributed by atoms with E-state index in [0.717, 1.165) is 27.9 Å². The monoisotopic (exact) mass is 273 g/mol. The number of aromatic nitrogens is 3. The predicted octanol–water partition coefficient (Wildman–Crippen LogP) is 2.31. The summed E-state index contributed by atoms with van der Waals surface area (Å²) in [7, 11) is 0. The molecule has 0 radical (unpaired) electrons. The summed E-state index contributed by atoms with van der Waals surface area (Å²) < 4.78 is 2.01. The van der Waals surface area contributed by atoms with E-state index in [4.69, 9.17) is 0 Å². The lowest BCUT2D eigenvalue weighted by atomic mass is 10.3. The van der Waals surface area contributed by atoms with Crippen molar-refractivity contribution >= 4 is 12.7 Å². The van der Waals surface area contributed by atoms with Crippen molar-refractivity contribution in [2.45, 2.75) is 0 Å². The van der Waals surface area contributed by atoms with Crippen molar-refractivity contribution < 1.29 is 0 Å². The summed E-state index contributed by atoms with van der Waals surface area (Å²) in [5.74, 6) is 0.778. The molecule has 0 amide bonds. The van der Waals surface area contributed by atoms with E-state index in [0.29, 0.717) is 0 Å². The van der Waals surface area contributed by atoms with E-state index in [9.17, 15) is 0 Å². The Morgan fingerprint density at radius 3 is 2.43 bits per heavy atom. The molecule has 0 bridgehead atoms. The summed E-state index contributed by atoms with van der Waals surface area (Å²) in [6.07, 6.45) is 5.34. The molecule has 3 heteroatoms. The highest BCUT2D eigenvalue weighted by atomic mass is 15.1. The fraction of sp³-hybridized carbons (Fsp3) is 0. The molecule has 0 aliphatic carbocycles. The van der Waals surface area contributed by atoms with Gasteiger partial charge in [-0.15, -0.1) is 0 Å². The highest BCUT2D eigenvalue weighted by Crippen LogP contribution is 2.15. The molecule has 0 aliphatic heterocycles. The topological polar surface area (TPSA) is 30.7 Å². The lowest BCUT2D eigenvalue weighted by Gasteiger charge is -2.07. The average molecular weight is 273 g/mol. The fourth-order valence-corrected chi connectivity index (χ4v) is 2.24. The highest BCUT2D eigenvalue weighted by Gasteiger charge is 2.11. The third kappa shape index (κ3) is 2.41. The van der Waals surface area contributed by atoms with Gasteiger partial charge >= 0.3 is 0 Å². The second-order valence-electron chi connectivity index (χ2n) is 4.56. The number of pyridine rings is 1. The average Bonchev–Trinajstić information content (AvgIpc) is 2.86. The summed E-state index contributed by atoms with van der Waals surface area (Å²) in [4.78, 5) is 9.06. The molecule has 1 aromatic carbocycles. The maximum Gasteiger partial charge on any atom is 0.164 e. The minimum absolute atomic E-state index is 0.778. The van der Waals surface area contributed by atoms with Gasteiger partial charge in [0.1, 0.15) is 5.69 Å². The van der Waals surface area contributed by atoms with Gasteiger partial charge in [0.25, 0.3) is 0 Å². The summed E-state index contributed by atoms with van der Waals surface area (Å²) in [5.41, 5.74) is 1.83. The minimum Gasteiger partial charge on any atom is -0.292 e. The number of rotatable bonds is 3. The molecule has 0 N–H and O–H groups in total. The number of hydrogen-bond donors (Lipinski definition) is 0. The molecular weight excluding hydrogens is 258 g/mol. The SMILES string of the molecule is C=C/C=c1/nc(-c2ccccn2)n(-c2ccccc2)c1=C. The Labute approximate surface area is 123 Å². The van der Waals surface area contributed by atoms with Crippen LogP contribution in [0.4, 0.5) is 0 Å². The quantitative estimate of drug-likeness (QED) is 0.733. The van der Waals surface area contributed by atoms with Gasteiger partial charge in [0.05, 0.1) is 10.7 Å². The molecule has 2 heterocycles. The van der Waals surface area contributed by atoms with E-state index in [1.807, 2.05) is 59.2 Å². The number of benzene rings is 1. The molecular formula is C18H15N3. The van der Waals surface area contributed by atoms with Gasteiger partial charge in [-0.05, 0) is 30.3 Å². The van der Waals surface area contributed by atoms with Crippen LogP contribution in [0.3, 0.4) is 0 Å². The third-order valence-corrected chi connectivity index (χ3v) is 3.19. The van der Waals surface area contributed by atoms with Gasteiger partial charge in [0, 0.05) is 11.9 Å². The predicted molar refractivity (Wildman–Crippen MR) is 86.2 cm³/mol. The molecule has 21 heavy (non-hydrogen) atoms. The van der Waals surface area contributed by atoms with Crippen molar-refractivity contribution in [3.63, 3.8) is 0 Å². The zero-order chi connectivity index (χ0) is 14.7. The number of para-hydroxylation sites is 1. The van der Waals surface area contributed by atoms with Crippen molar-refractivity contribution in [2.24, 2.45) is 0 Å². The molecule has 102 valence electrons. The molecule has 3 aromatic rings. The summed E-state index contributed by atoms with van der Waals surface area (Å²) in [6, 6.07) is 15.8. The normalized spacial score (nSPS) is 11.5. The van der Waals surface area contributed by atoms with Gasteiger partial charge in [0.2, 0.25) is 0 Å². The van der Waals surface area contributed by atoms with Crippen LogP contribution in [0.2, 0.25) is 0 Å². The van der Waals surface area contributed by atoms with E-state index in [2.05, 4.69) is 23.1 Å². The standard InChI is InChI=1S/C18H15N3/c1-3-9-16-14(2)21(15-10-5-4-6-11-15)18(20-16)17-12-7-8-13-19-17/h3-13H,1-2H2/b16-9+. The Kier molecular flexibility index (Phi) is 3.48. The van der Waals surface area contributed by atoms with Crippen LogP contribution in [0.5, 0.6) is 0 Å². The Morgan fingerprint density at radius 1 is 1.00 bits per heavy atom. The number of allylic oxidation sites excluding steroid dienone is 1. The van der Waals surface area contributed by atoms with Crippen LogP contribution in [0, 0.1) is 0 Å². The number of nitrogens with zero attached hydrogens (tertiary/aromatic N) is 3. The van der Waals surface area contributed by atoms with E-state index in [1.165, 1.54) is 0 Å². The third-order valence-electron chi connectivity index (χ3n) is 3.19. The highest BCUT2D eigenvalue weighted by molar-refractivity contribution is 5.55. The van der Waals surface area contributed by atoms with Gasteiger partial charge in [-0.2, -0.15) is 0 Å². The van der Waals surface area contributed by atoms with Crippen LogP contribution < -0.4 is 10.7 Å². The number of imidazole rings is 1. The van der Waals surface area contributed by atoms with Gasteiger partial charge in [-0.3, -0.25) is 9.55 Å². The Morgan fingerprint density at radius 2 is 1.76 bits per heavy atom. The Bertz CT molecular complexity index is 862. The van der Waals surface area contributed by atoms with Gasteiger partial charge < -0.3 is 0 Å². The first kappa shape index (κ1) is 13.1. The van der Waals surface area contributed by atoms with Crippen LogP contribution in [0.1, 0.15) is 0 Å². The van der Waals surface area contributed by atoms with Gasteiger partial charge in [-0.25, -0.2) is 4.98 Å². The maximum atomic E-state index is 4.66. The van der Waals surface area contributed by atoms with Crippen molar-refractivity contribution in [1.29, 1.82) is 0 Å². The molecule has 0 unspecified atom stereocenters. The molecule has 0 saturated carbocycles. The van der Waals surface area contributed by atoms with E-state index in [1.54, 1.807) is 12.3 Å². The molecule has 3 rings (SSSR count). The first-order valence-electron chi connectivity index (χ1n) is 6.68. The van der Waals surface area contributed by atoms with Crippen LogP contribution in [0.15, 0.2) is 67.4 Å². The van der Waals surface area contributed by atoms with E-state index < -0.39 is 0 Å². The second kappa shape index (κ2) is 5.59. The van der Waals surface area contributed by atoms with Crippen molar-refractivity contribution in [3.8, 4) is 17.2 Å².